The van der Waals surface area contributed by atoms with Gasteiger partial charge in [0.2, 0.25) is 0 Å². The van der Waals surface area contributed by atoms with E-state index >= 15 is 0 Å². The van der Waals surface area contributed by atoms with Gasteiger partial charge in [-0.1, -0.05) is 28.8 Å². The van der Waals surface area contributed by atoms with E-state index in [0.29, 0.717) is 23.3 Å². The van der Waals surface area contributed by atoms with Crippen molar-refractivity contribution in [1.82, 2.24) is 4.90 Å². The van der Waals surface area contributed by atoms with Crippen molar-refractivity contribution < 1.29 is 9.53 Å². The first-order valence-electron chi connectivity index (χ1n) is 7.85. The Kier molecular flexibility index (Phi) is 4.53. The lowest BCUT2D eigenvalue weighted by atomic mass is 9.78. The highest BCUT2D eigenvalue weighted by molar-refractivity contribution is 9.10. The Morgan fingerprint density at radius 3 is 2.81 bits per heavy atom. The Labute approximate surface area is 134 Å². The molecular weight excluding hydrogens is 330 g/mol. The monoisotopic (exact) mass is 351 g/mol. The molecule has 114 valence electrons. The van der Waals surface area contributed by atoms with Crippen molar-refractivity contribution in [3.8, 4) is 5.75 Å². The maximum absolute atomic E-state index is 13.0. The zero-order valence-electron chi connectivity index (χ0n) is 12.5. The average molecular weight is 352 g/mol. The van der Waals surface area contributed by atoms with Crippen LogP contribution < -0.4 is 4.74 Å². The SMILES string of the molecule is COc1cc(Br)ccc1C(=O)N1CCC[C@H]2CCCC[C@H]21. The molecule has 0 bridgehead atoms. The Bertz CT molecular complexity index is 530. The third-order valence-corrected chi connectivity index (χ3v) is 5.39. The first kappa shape index (κ1) is 14.9. The lowest BCUT2D eigenvalue weighted by Crippen LogP contribution is -2.49. The van der Waals surface area contributed by atoms with Crippen molar-refractivity contribution in [3.05, 3.63) is 28.2 Å². The largest absolute Gasteiger partial charge is 0.496 e. The smallest absolute Gasteiger partial charge is 0.257 e. The van der Waals surface area contributed by atoms with E-state index in [1.807, 2.05) is 18.2 Å². The van der Waals surface area contributed by atoms with Crippen molar-refractivity contribution >= 4 is 21.8 Å². The third kappa shape index (κ3) is 2.96. The molecule has 1 heterocycles. The van der Waals surface area contributed by atoms with Gasteiger partial charge in [0.1, 0.15) is 5.75 Å². The molecule has 0 aromatic heterocycles. The van der Waals surface area contributed by atoms with Crippen LogP contribution in [0, 0.1) is 5.92 Å². The van der Waals surface area contributed by atoms with Crippen molar-refractivity contribution in [1.29, 1.82) is 0 Å². The summed E-state index contributed by atoms with van der Waals surface area (Å²) < 4.78 is 6.33. The number of halogens is 1. The molecule has 21 heavy (non-hydrogen) atoms. The van der Waals surface area contributed by atoms with E-state index < -0.39 is 0 Å². The Morgan fingerprint density at radius 2 is 2.00 bits per heavy atom. The number of carbonyl (C=O) groups excluding carboxylic acids is 1. The van der Waals surface area contributed by atoms with Crippen molar-refractivity contribution in [2.24, 2.45) is 5.92 Å². The normalized spacial score (nSPS) is 25.3. The number of fused-ring (bicyclic) bond motifs is 1. The van der Waals surface area contributed by atoms with Crippen molar-refractivity contribution in [2.75, 3.05) is 13.7 Å². The molecule has 4 heteroatoms. The molecule has 1 aliphatic carbocycles. The second kappa shape index (κ2) is 6.39. The standard InChI is InChI=1S/C17H22BrNO2/c1-21-16-11-13(18)8-9-14(16)17(20)19-10-4-6-12-5-2-3-7-15(12)19/h8-9,11-12,15H,2-7,10H2,1H3/t12-,15-/m1/s1. The van der Waals surface area contributed by atoms with Gasteiger partial charge < -0.3 is 9.64 Å². The number of piperidine rings is 1. The molecule has 1 aromatic carbocycles. The van der Waals surface area contributed by atoms with Gasteiger partial charge in [0, 0.05) is 17.1 Å². The summed E-state index contributed by atoms with van der Waals surface area (Å²) >= 11 is 3.43. The molecule has 1 aliphatic heterocycles. The van der Waals surface area contributed by atoms with Gasteiger partial charge in [-0.15, -0.1) is 0 Å². The van der Waals surface area contributed by atoms with Crippen molar-refractivity contribution in [3.63, 3.8) is 0 Å². The molecule has 2 aliphatic rings. The molecular formula is C17H22BrNO2. The summed E-state index contributed by atoms with van der Waals surface area (Å²) in [5, 5.41) is 0. The van der Waals surface area contributed by atoms with Gasteiger partial charge in [-0.25, -0.2) is 0 Å². The minimum atomic E-state index is 0.135. The maximum atomic E-state index is 13.0. The van der Waals surface area contributed by atoms with Crippen LogP contribution >= 0.6 is 15.9 Å². The predicted molar refractivity (Wildman–Crippen MR) is 86.7 cm³/mol. The number of carbonyl (C=O) groups is 1. The summed E-state index contributed by atoms with van der Waals surface area (Å²) in [7, 11) is 1.62. The Hall–Kier alpha value is -1.03. The van der Waals surface area contributed by atoms with Crippen LogP contribution in [0.15, 0.2) is 22.7 Å². The highest BCUT2D eigenvalue weighted by Crippen LogP contribution is 2.37. The molecule has 0 spiro atoms. The fourth-order valence-electron chi connectivity index (χ4n) is 3.87. The van der Waals surface area contributed by atoms with E-state index in [2.05, 4.69) is 20.8 Å². The number of methoxy groups -OCH3 is 1. The van der Waals surface area contributed by atoms with E-state index in [1.165, 1.54) is 25.7 Å². The molecule has 1 amide bonds. The average Bonchev–Trinajstić information content (AvgIpc) is 2.53. The highest BCUT2D eigenvalue weighted by Gasteiger charge is 2.36. The number of nitrogens with zero attached hydrogens (tertiary/aromatic N) is 1. The molecule has 1 aromatic rings. The second-order valence-electron chi connectivity index (χ2n) is 6.10. The molecule has 1 saturated carbocycles. The van der Waals surface area contributed by atoms with E-state index in [9.17, 15) is 4.79 Å². The number of ether oxygens (including phenoxy) is 1. The topological polar surface area (TPSA) is 29.5 Å². The number of rotatable bonds is 2. The van der Waals surface area contributed by atoms with Crippen LogP contribution in [0.5, 0.6) is 5.75 Å². The van der Waals surface area contributed by atoms with E-state index in [1.54, 1.807) is 7.11 Å². The molecule has 3 nitrogen and oxygen atoms in total. The van der Waals surface area contributed by atoms with Crippen LogP contribution in [0.4, 0.5) is 0 Å². The van der Waals surface area contributed by atoms with Gasteiger partial charge in [-0.2, -0.15) is 0 Å². The van der Waals surface area contributed by atoms with Crippen LogP contribution in [-0.2, 0) is 0 Å². The third-order valence-electron chi connectivity index (χ3n) is 4.90. The molecule has 2 atom stereocenters. The quantitative estimate of drug-likeness (QED) is 0.796. The summed E-state index contributed by atoms with van der Waals surface area (Å²) in [4.78, 5) is 15.1. The number of benzene rings is 1. The number of hydrogen-bond donors (Lipinski definition) is 0. The minimum absolute atomic E-state index is 0.135. The predicted octanol–water partition coefficient (Wildman–Crippen LogP) is 4.25. The molecule has 3 rings (SSSR count). The lowest BCUT2D eigenvalue weighted by molar-refractivity contribution is 0.0388. The van der Waals surface area contributed by atoms with E-state index in [-0.39, 0.29) is 5.91 Å². The first-order valence-corrected chi connectivity index (χ1v) is 8.64. The summed E-state index contributed by atoms with van der Waals surface area (Å²) in [5.41, 5.74) is 0.687. The van der Waals surface area contributed by atoms with Gasteiger partial charge in [-0.05, 0) is 49.8 Å². The number of amides is 1. The highest BCUT2D eigenvalue weighted by atomic mass is 79.9. The van der Waals surface area contributed by atoms with Gasteiger partial charge in [-0.3, -0.25) is 4.79 Å². The molecule has 1 saturated heterocycles. The number of likely N-dealkylation sites (tertiary alicyclic amines) is 1. The maximum Gasteiger partial charge on any atom is 0.257 e. The fourth-order valence-corrected chi connectivity index (χ4v) is 4.21. The van der Waals surface area contributed by atoms with Crippen LogP contribution in [-0.4, -0.2) is 30.5 Å². The second-order valence-corrected chi connectivity index (χ2v) is 7.01. The van der Waals surface area contributed by atoms with Crippen LogP contribution in [0.2, 0.25) is 0 Å². The van der Waals surface area contributed by atoms with Gasteiger partial charge in [0.05, 0.1) is 12.7 Å². The van der Waals surface area contributed by atoms with Crippen LogP contribution in [0.3, 0.4) is 0 Å². The summed E-state index contributed by atoms with van der Waals surface area (Å²) in [5.74, 6) is 1.50. The van der Waals surface area contributed by atoms with Crippen LogP contribution in [0.1, 0.15) is 48.9 Å². The molecule has 0 N–H and O–H groups in total. The first-order chi connectivity index (χ1) is 10.2. The van der Waals surface area contributed by atoms with Crippen molar-refractivity contribution in [2.45, 2.75) is 44.6 Å². The fraction of sp³-hybridized carbons (Fsp3) is 0.588. The summed E-state index contributed by atoms with van der Waals surface area (Å²) in [6.07, 6.45) is 7.44. The van der Waals surface area contributed by atoms with Crippen LogP contribution in [0.25, 0.3) is 0 Å². The van der Waals surface area contributed by atoms with E-state index in [4.69, 9.17) is 4.74 Å². The Morgan fingerprint density at radius 1 is 1.24 bits per heavy atom. The van der Waals surface area contributed by atoms with Gasteiger partial charge in [0.15, 0.2) is 0 Å². The van der Waals surface area contributed by atoms with E-state index in [0.717, 1.165) is 23.9 Å². The summed E-state index contributed by atoms with van der Waals surface area (Å²) in [6, 6.07) is 6.10. The lowest BCUT2D eigenvalue weighted by Gasteiger charge is -2.44. The van der Waals surface area contributed by atoms with Gasteiger partial charge >= 0.3 is 0 Å². The summed E-state index contributed by atoms with van der Waals surface area (Å²) in [6.45, 7) is 0.888. The molecule has 0 radical (unpaired) electrons. The Balaban J connectivity index is 1.87. The minimum Gasteiger partial charge on any atom is -0.496 e. The zero-order chi connectivity index (χ0) is 14.8. The van der Waals surface area contributed by atoms with Gasteiger partial charge in [0.25, 0.3) is 5.91 Å². The number of hydrogen-bond acceptors (Lipinski definition) is 2. The molecule has 2 fully saturated rings. The zero-order valence-corrected chi connectivity index (χ0v) is 14.1. The molecule has 0 unspecified atom stereocenters.